The largest absolute Gasteiger partial charge is 0.350 e. The van der Waals surface area contributed by atoms with Crippen LogP contribution in [0.3, 0.4) is 0 Å². The van der Waals surface area contributed by atoms with Gasteiger partial charge in [0.05, 0.1) is 21.8 Å². The van der Waals surface area contributed by atoms with Crippen LogP contribution in [0.5, 0.6) is 0 Å². The van der Waals surface area contributed by atoms with E-state index in [1.54, 1.807) is 43.4 Å². The molecular formula is C20H28N2O3S2. The van der Waals surface area contributed by atoms with Crippen molar-refractivity contribution in [2.24, 2.45) is 0 Å². The summed E-state index contributed by atoms with van der Waals surface area (Å²) in [6.45, 7) is 9.59. The first-order chi connectivity index (χ1) is 12.8. The Morgan fingerprint density at radius 2 is 1.81 bits per heavy atom. The number of hydrogen-bond donors (Lipinski definition) is 1. The lowest BCUT2D eigenvalue weighted by Crippen LogP contribution is -2.38. The maximum absolute atomic E-state index is 12.8. The fourth-order valence-corrected chi connectivity index (χ4v) is 4.98. The Bertz CT molecular complexity index is 842. The van der Waals surface area contributed by atoms with E-state index in [2.05, 4.69) is 35.5 Å². The van der Waals surface area contributed by atoms with Crippen LogP contribution >= 0.6 is 11.3 Å². The Labute approximate surface area is 166 Å². The number of sulfone groups is 1. The molecule has 1 unspecified atom stereocenters. The smallest absolute Gasteiger partial charge is 0.252 e. The molecule has 1 heterocycles. The first kappa shape index (κ1) is 21.6. The third-order valence-electron chi connectivity index (χ3n) is 4.70. The van der Waals surface area contributed by atoms with Crippen molar-refractivity contribution in [3.05, 3.63) is 52.2 Å². The van der Waals surface area contributed by atoms with Gasteiger partial charge in [0.1, 0.15) is 0 Å². The quantitative estimate of drug-likeness (QED) is 0.686. The summed E-state index contributed by atoms with van der Waals surface area (Å²) in [4.78, 5) is 15.2. The fourth-order valence-electron chi connectivity index (χ4n) is 3.03. The summed E-state index contributed by atoms with van der Waals surface area (Å²) in [5.41, 5.74) is 1.36. The molecule has 148 valence electrons. The molecule has 0 aliphatic carbocycles. The zero-order valence-corrected chi connectivity index (χ0v) is 17.9. The van der Waals surface area contributed by atoms with Gasteiger partial charge in [0.25, 0.3) is 5.91 Å². The van der Waals surface area contributed by atoms with Crippen LogP contribution in [0, 0.1) is 0 Å². The number of nitrogens with zero attached hydrogens (tertiary/aromatic N) is 1. The van der Waals surface area contributed by atoms with Crippen LogP contribution in [-0.4, -0.2) is 44.1 Å². The molecule has 0 bridgehead atoms. The predicted octanol–water partition coefficient (Wildman–Crippen LogP) is 3.74. The van der Waals surface area contributed by atoms with E-state index >= 15 is 0 Å². The standard InChI is InChI=1S/C20H28N2O3S2/c1-5-22(6-2)18(16-11-12-26-14-16)13-21-20(23)17-9-7-8-10-19(17)27(24,25)15(3)4/h7-12,14-15,18H,5-6,13H2,1-4H3,(H,21,23). The minimum Gasteiger partial charge on any atom is -0.350 e. The number of thiophene rings is 1. The van der Waals surface area contributed by atoms with Gasteiger partial charge < -0.3 is 5.32 Å². The summed E-state index contributed by atoms with van der Waals surface area (Å²) in [5.74, 6) is -0.359. The topological polar surface area (TPSA) is 66.5 Å². The van der Waals surface area contributed by atoms with E-state index < -0.39 is 15.1 Å². The van der Waals surface area contributed by atoms with Crippen LogP contribution < -0.4 is 5.32 Å². The zero-order chi connectivity index (χ0) is 20.0. The third-order valence-corrected chi connectivity index (χ3v) is 7.61. The van der Waals surface area contributed by atoms with Gasteiger partial charge in [-0.1, -0.05) is 26.0 Å². The highest BCUT2D eigenvalue weighted by molar-refractivity contribution is 7.92. The van der Waals surface area contributed by atoms with Crippen molar-refractivity contribution in [3.63, 3.8) is 0 Å². The molecule has 2 rings (SSSR count). The van der Waals surface area contributed by atoms with E-state index in [9.17, 15) is 13.2 Å². The van der Waals surface area contributed by atoms with Crippen LogP contribution in [0.2, 0.25) is 0 Å². The highest BCUT2D eigenvalue weighted by Crippen LogP contribution is 2.24. The van der Waals surface area contributed by atoms with E-state index in [0.717, 1.165) is 18.7 Å². The zero-order valence-electron chi connectivity index (χ0n) is 16.3. The van der Waals surface area contributed by atoms with Crippen molar-refractivity contribution in [3.8, 4) is 0 Å². The van der Waals surface area contributed by atoms with Crippen molar-refractivity contribution < 1.29 is 13.2 Å². The number of carbonyl (C=O) groups excluding carboxylic acids is 1. The van der Waals surface area contributed by atoms with E-state index in [-0.39, 0.29) is 22.4 Å². The molecule has 27 heavy (non-hydrogen) atoms. The third kappa shape index (κ3) is 4.97. The number of hydrogen-bond acceptors (Lipinski definition) is 5. The highest BCUT2D eigenvalue weighted by atomic mass is 32.2. The fraction of sp³-hybridized carbons (Fsp3) is 0.450. The predicted molar refractivity (Wildman–Crippen MR) is 111 cm³/mol. The molecule has 0 aliphatic heterocycles. The maximum Gasteiger partial charge on any atom is 0.252 e. The van der Waals surface area contributed by atoms with Crippen molar-refractivity contribution in [2.75, 3.05) is 19.6 Å². The molecule has 0 spiro atoms. The minimum atomic E-state index is -3.53. The average molecular weight is 409 g/mol. The molecular weight excluding hydrogens is 380 g/mol. The Morgan fingerprint density at radius 3 is 2.37 bits per heavy atom. The minimum absolute atomic E-state index is 0.0593. The molecule has 0 fully saturated rings. The molecule has 7 heteroatoms. The van der Waals surface area contributed by atoms with Gasteiger partial charge in [-0.15, -0.1) is 0 Å². The molecule has 1 aromatic heterocycles. The molecule has 2 aromatic rings. The van der Waals surface area contributed by atoms with Gasteiger partial charge in [0, 0.05) is 6.54 Å². The number of benzene rings is 1. The molecule has 1 aromatic carbocycles. The lowest BCUT2D eigenvalue weighted by atomic mass is 10.1. The molecule has 0 aliphatic rings. The van der Waals surface area contributed by atoms with Crippen LogP contribution in [-0.2, 0) is 9.84 Å². The van der Waals surface area contributed by atoms with Gasteiger partial charge in [0.2, 0.25) is 0 Å². The molecule has 5 nitrogen and oxygen atoms in total. The van der Waals surface area contributed by atoms with Crippen LogP contribution in [0.25, 0.3) is 0 Å². The molecule has 1 N–H and O–H groups in total. The van der Waals surface area contributed by atoms with Gasteiger partial charge in [-0.3, -0.25) is 9.69 Å². The van der Waals surface area contributed by atoms with Gasteiger partial charge in [-0.05, 0) is 61.5 Å². The van der Waals surface area contributed by atoms with Crippen LogP contribution in [0.15, 0.2) is 46.0 Å². The Kier molecular flexibility index (Phi) is 7.59. The summed E-state index contributed by atoms with van der Waals surface area (Å²) in [6.07, 6.45) is 0. The van der Waals surface area contributed by atoms with Crippen LogP contribution in [0.1, 0.15) is 49.7 Å². The number of amides is 1. The molecule has 1 amide bonds. The summed E-state index contributed by atoms with van der Waals surface area (Å²) in [6, 6.07) is 8.54. The summed E-state index contributed by atoms with van der Waals surface area (Å²) in [5, 5.41) is 6.48. The molecule has 0 radical (unpaired) electrons. The number of rotatable bonds is 9. The van der Waals surface area contributed by atoms with E-state index in [4.69, 9.17) is 0 Å². The van der Waals surface area contributed by atoms with Gasteiger partial charge in [0.15, 0.2) is 9.84 Å². The van der Waals surface area contributed by atoms with E-state index in [0.29, 0.717) is 6.54 Å². The number of likely N-dealkylation sites (N-methyl/N-ethyl adjacent to an activating group) is 1. The number of nitrogens with one attached hydrogen (secondary N) is 1. The van der Waals surface area contributed by atoms with Crippen molar-refractivity contribution in [2.45, 2.75) is 43.9 Å². The summed E-state index contributed by atoms with van der Waals surface area (Å²) >= 11 is 1.63. The summed E-state index contributed by atoms with van der Waals surface area (Å²) < 4.78 is 25.2. The van der Waals surface area contributed by atoms with Crippen LogP contribution in [0.4, 0.5) is 0 Å². The van der Waals surface area contributed by atoms with Crippen molar-refractivity contribution in [1.82, 2.24) is 10.2 Å². The Morgan fingerprint density at radius 1 is 1.15 bits per heavy atom. The summed E-state index contributed by atoms with van der Waals surface area (Å²) in [7, 11) is -3.53. The lowest BCUT2D eigenvalue weighted by Gasteiger charge is -2.29. The SMILES string of the molecule is CCN(CC)C(CNC(=O)c1ccccc1S(=O)(=O)C(C)C)c1ccsc1. The average Bonchev–Trinajstić information content (AvgIpc) is 3.19. The second kappa shape index (κ2) is 9.48. The molecule has 1 atom stereocenters. The van der Waals surface area contributed by atoms with Crippen molar-refractivity contribution in [1.29, 1.82) is 0 Å². The first-order valence-electron chi connectivity index (χ1n) is 9.20. The van der Waals surface area contributed by atoms with Gasteiger partial charge in [-0.2, -0.15) is 11.3 Å². The molecule has 0 saturated heterocycles. The number of carbonyl (C=O) groups is 1. The monoisotopic (exact) mass is 408 g/mol. The van der Waals surface area contributed by atoms with E-state index in [1.165, 1.54) is 6.07 Å². The highest BCUT2D eigenvalue weighted by Gasteiger charge is 2.26. The van der Waals surface area contributed by atoms with Gasteiger partial charge >= 0.3 is 0 Å². The second-order valence-electron chi connectivity index (χ2n) is 6.59. The van der Waals surface area contributed by atoms with Crippen molar-refractivity contribution >= 4 is 27.1 Å². The maximum atomic E-state index is 12.8. The lowest BCUT2D eigenvalue weighted by molar-refractivity contribution is 0.0931. The van der Waals surface area contributed by atoms with E-state index in [1.807, 2.05) is 5.38 Å². The molecule has 0 saturated carbocycles. The second-order valence-corrected chi connectivity index (χ2v) is 9.85. The Hall–Kier alpha value is -1.70. The normalized spacial score (nSPS) is 13.1. The van der Waals surface area contributed by atoms with Gasteiger partial charge in [-0.25, -0.2) is 8.42 Å². The Balaban J connectivity index is 2.25. The first-order valence-corrected chi connectivity index (χ1v) is 11.7.